The summed E-state index contributed by atoms with van der Waals surface area (Å²) in [5, 5.41) is 8.09. The van der Waals surface area contributed by atoms with Crippen LogP contribution in [0.3, 0.4) is 0 Å². The molecule has 1 unspecified atom stereocenters. The largest absolute Gasteiger partial charge is 0.348 e. The van der Waals surface area contributed by atoms with Crippen molar-refractivity contribution in [2.24, 2.45) is 0 Å². The minimum atomic E-state index is 0.0767. The maximum absolute atomic E-state index is 12.4. The van der Waals surface area contributed by atoms with Crippen LogP contribution in [0.4, 0.5) is 0 Å². The molecular weight excluding hydrogens is 312 g/mol. The Bertz CT molecular complexity index is 719. The van der Waals surface area contributed by atoms with Crippen LogP contribution in [0.5, 0.6) is 0 Å². The minimum Gasteiger partial charge on any atom is -0.348 e. The maximum Gasteiger partial charge on any atom is 0.220 e. The molecule has 5 heteroatoms. The molecule has 2 heterocycles. The van der Waals surface area contributed by atoms with E-state index < -0.39 is 0 Å². The molecule has 1 fully saturated rings. The number of carbonyl (C=O) groups is 1. The molecule has 0 radical (unpaired) electrons. The molecule has 0 aliphatic heterocycles. The minimum absolute atomic E-state index is 0.0767. The van der Waals surface area contributed by atoms with Crippen LogP contribution in [0, 0.1) is 0 Å². The number of carbonyl (C=O) groups excluding carboxylic acids is 1. The van der Waals surface area contributed by atoms with Crippen LogP contribution in [0.25, 0.3) is 0 Å². The van der Waals surface area contributed by atoms with Crippen molar-refractivity contribution in [3.8, 4) is 0 Å². The van der Waals surface area contributed by atoms with Crippen LogP contribution >= 0.6 is 0 Å². The molecule has 0 aromatic carbocycles. The van der Waals surface area contributed by atoms with Crippen molar-refractivity contribution in [1.82, 2.24) is 20.1 Å². The van der Waals surface area contributed by atoms with Gasteiger partial charge in [0.25, 0.3) is 0 Å². The number of hydrogen-bond acceptors (Lipinski definition) is 3. The second kappa shape index (κ2) is 7.38. The summed E-state index contributed by atoms with van der Waals surface area (Å²) in [7, 11) is 0. The number of aryl methyl sites for hydroxylation is 2. The average Bonchev–Trinajstić information content (AvgIpc) is 3.30. The quantitative estimate of drug-likeness (QED) is 0.907. The highest BCUT2D eigenvalue weighted by Crippen LogP contribution is 2.33. The average molecular weight is 338 g/mol. The van der Waals surface area contributed by atoms with Gasteiger partial charge in [-0.2, -0.15) is 5.10 Å². The molecule has 2 aromatic rings. The van der Waals surface area contributed by atoms with Crippen LogP contribution in [-0.2, 0) is 17.6 Å². The molecule has 25 heavy (non-hydrogen) atoms. The van der Waals surface area contributed by atoms with Gasteiger partial charge >= 0.3 is 0 Å². The van der Waals surface area contributed by atoms with Gasteiger partial charge in [-0.25, -0.2) is 0 Å². The zero-order chi connectivity index (χ0) is 17.1. The number of nitrogens with one attached hydrogen (secondary N) is 1. The van der Waals surface area contributed by atoms with Gasteiger partial charge in [0.05, 0.1) is 17.8 Å². The van der Waals surface area contributed by atoms with Crippen molar-refractivity contribution in [3.63, 3.8) is 0 Å². The van der Waals surface area contributed by atoms with Crippen LogP contribution in [0.15, 0.2) is 30.7 Å². The Balaban J connectivity index is 1.39. The van der Waals surface area contributed by atoms with Gasteiger partial charge in [0.1, 0.15) is 0 Å². The van der Waals surface area contributed by atoms with Gasteiger partial charge in [-0.15, -0.1) is 0 Å². The summed E-state index contributed by atoms with van der Waals surface area (Å²) in [4.78, 5) is 16.5. The Morgan fingerprint density at radius 1 is 1.24 bits per heavy atom. The molecule has 132 valence electrons. The summed E-state index contributed by atoms with van der Waals surface area (Å²) < 4.78 is 2.18. The van der Waals surface area contributed by atoms with Crippen molar-refractivity contribution < 1.29 is 4.79 Å². The standard InChI is InChI=1S/C20H26N4O/c25-19(11-10-15-5-4-12-21-13-15)22-18-9-3-6-16-14-24(23-20(16)18)17-7-1-2-8-17/h4-5,12-14,17-18H,1-3,6-11H2,(H,22,25). The van der Waals surface area contributed by atoms with E-state index in [0.717, 1.165) is 36.9 Å². The summed E-state index contributed by atoms with van der Waals surface area (Å²) in [5.41, 5.74) is 3.54. The highest BCUT2D eigenvalue weighted by Gasteiger charge is 2.27. The first-order chi connectivity index (χ1) is 12.3. The molecule has 1 amide bonds. The third kappa shape index (κ3) is 3.75. The van der Waals surface area contributed by atoms with Gasteiger partial charge < -0.3 is 5.32 Å². The number of fused-ring (bicyclic) bond motifs is 1. The van der Waals surface area contributed by atoms with Crippen molar-refractivity contribution in [3.05, 3.63) is 47.5 Å². The van der Waals surface area contributed by atoms with Crippen LogP contribution in [0.2, 0.25) is 0 Å². The second-order valence-electron chi connectivity index (χ2n) is 7.33. The summed E-state index contributed by atoms with van der Waals surface area (Å²) in [5.74, 6) is 0.108. The first-order valence-corrected chi connectivity index (χ1v) is 9.56. The number of aromatic nitrogens is 3. The van der Waals surface area contributed by atoms with Gasteiger partial charge in [0.2, 0.25) is 5.91 Å². The van der Waals surface area contributed by atoms with Crippen LogP contribution in [0.1, 0.15) is 73.9 Å². The predicted molar refractivity (Wildman–Crippen MR) is 96.1 cm³/mol. The summed E-state index contributed by atoms with van der Waals surface area (Å²) in [6.45, 7) is 0. The zero-order valence-electron chi connectivity index (χ0n) is 14.7. The highest BCUT2D eigenvalue weighted by atomic mass is 16.1. The summed E-state index contributed by atoms with van der Waals surface area (Å²) in [6.07, 6.45) is 15.4. The molecular formula is C20H26N4O. The van der Waals surface area contributed by atoms with Gasteiger partial charge in [0, 0.05) is 25.0 Å². The predicted octanol–water partition coefficient (Wildman–Crippen LogP) is 3.52. The van der Waals surface area contributed by atoms with Crippen molar-refractivity contribution in [1.29, 1.82) is 0 Å². The first-order valence-electron chi connectivity index (χ1n) is 9.56. The van der Waals surface area contributed by atoms with Crippen LogP contribution < -0.4 is 5.32 Å². The molecule has 1 atom stereocenters. The third-order valence-electron chi connectivity index (χ3n) is 5.51. The molecule has 1 saturated carbocycles. The molecule has 4 rings (SSSR count). The van der Waals surface area contributed by atoms with E-state index in [1.165, 1.54) is 31.2 Å². The molecule has 2 aliphatic rings. The maximum atomic E-state index is 12.4. The number of pyridine rings is 1. The normalized spacial score (nSPS) is 20.4. The fourth-order valence-corrected chi connectivity index (χ4v) is 4.13. The molecule has 1 N–H and O–H groups in total. The molecule has 5 nitrogen and oxygen atoms in total. The molecule has 0 spiro atoms. The summed E-state index contributed by atoms with van der Waals surface area (Å²) >= 11 is 0. The third-order valence-corrected chi connectivity index (χ3v) is 5.51. The van der Waals surface area contributed by atoms with E-state index in [-0.39, 0.29) is 11.9 Å². The fourth-order valence-electron chi connectivity index (χ4n) is 4.13. The molecule has 2 aliphatic carbocycles. The Kier molecular flexibility index (Phi) is 4.81. The number of hydrogen-bond donors (Lipinski definition) is 1. The lowest BCUT2D eigenvalue weighted by Crippen LogP contribution is -2.31. The first kappa shape index (κ1) is 16.3. The SMILES string of the molecule is O=C(CCc1cccnc1)NC1CCCc2cn(C3CCCC3)nc21. The van der Waals surface area contributed by atoms with Gasteiger partial charge in [-0.1, -0.05) is 18.9 Å². The Labute approximate surface area is 148 Å². The number of rotatable bonds is 5. The van der Waals surface area contributed by atoms with E-state index in [1.807, 2.05) is 18.3 Å². The fraction of sp³-hybridized carbons (Fsp3) is 0.550. The second-order valence-corrected chi connectivity index (χ2v) is 7.33. The van der Waals surface area contributed by atoms with Gasteiger partial charge in [-0.05, 0) is 55.7 Å². The van der Waals surface area contributed by atoms with Crippen LogP contribution in [-0.4, -0.2) is 20.7 Å². The molecule has 0 bridgehead atoms. The van der Waals surface area contributed by atoms with Crippen molar-refractivity contribution >= 4 is 5.91 Å². The topological polar surface area (TPSA) is 59.8 Å². The van der Waals surface area contributed by atoms with Gasteiger partial charge in [-0.3, -0.25) is 14.5 Å². The lowest BCUT2D eigenvalue weighted by molar-refractivity contribution is -0.121. The summed E-state index contributed by atoms with van der Waals surface area (Å²) in [6, 6.07) is 4.57. The van der Waals surface area contributed by atoms with E-state index in [9.17, 15) is 4.79 Å². The molecule has 0 saturated heterocycles. The van der Waals surface area contributed by atoms with E-state index in [2.05, 4.69) is 21.2 Å². The number of amides is 1. The van der Waals surface area contributed by atoms with Gasteiger partial charge in [0.15, 0.2) is 0 Å². The lowest BCUT2D eigenvalue weighted by atomic mass is 9.93. The van der Waals surface area contributed by atoms with E-state index >= 15 is 0 Å². The Hall–Kier alpha value is -2.17. The van der Waals surface area contributed by atoms with E-state index in [0.29, 0.717) is 12.5 Å². The van der Waals surface area contributed by atoms with E-state index in [1.54, 1.807) is 6.20 Å². The van der Waals surface area contributed by atoms with Crippen molar-refractivity contribution in [2.45, 2.75) is 69.9 Å². The van der Waals surface area contributed by atoms with E-state index in [4.69, 9.17) is 5.10 Å². The zero-order valence-corrected chi connectivity index (χ0v) is 14.7. The highest BCUT2D eigenvalue weighted by molar-refractivity contribution is 5.76. The monoisotopic (exact) mass is 338 g/mol. The van der Waals surface area contributed by atoms with Crippen molar-refractivity contribution in [2.75, 3.05) is 0 Å². The number of nitrogens with zero attached hydrogens (tertiary/aromatic N) is 3. The Morgan fingerprint density at radius 3 is 2.92 bits per heavy atom. The Morgan fingerprint density at radius 2 is 2.12 bits per heavy atom. The lowest BCUT2D eigenvalue weighted by Gasteiger charge is -2.22. The smallest absolute Gasteiger partial charge is 0.220 e. The molecule has 2 aromatic heterocycles.